The lowest BCUT2D eigenvalue weighted by Gasteiger charge is -1.94. The molecule has 0 atom stereocenters. The second-order valence-corrected chi connectivity index (χ2v) is 2.69. The number of rotatable bonds is 2. The Morgan fingerprint density at radius 1 is 1.70 bits per heavy atom. The van der Waals surface area contributed by atoms with Gasteiger partial charge in [-0.25, -0.2) is 4.98 Å². The molecule has 1 aliphatic rings. The molecule has 1 fully saturated rings. The van der Waals surface area contributed by atoms with E-state index in [2.05, 4.69) is 10.3 Å². The number of nitrogens with one attached hydrogen (secondary N) is 1. The van der Waals surface area contributed by atoms with Crippen LogP contribution in [-0.2, 0) is 0 Å². The molecule has 0 bridgehead atoms. The number of hydrogen-bond acceptors (Lipinski definition) is 3. The second kappa shape index (κ2) is 2.01. The Balaban J connectivity index is 2.03. The molecule has 54 valence electrons. The number of hydrogen-bond donors (Lipinski definition) is 1. The highest BCUT2D eigenvalue weighted by atomic mass is 16.4. The van der Waals surface area contributed by atoms with Crippen LogP contribution < -0.4 is 5.32 Å². The zero-order valence-electron chi connectivity index (χ0n) is 5.92. The normalized spacial score (nSPS) is 17.3. The van der Waals surface area contributed by atoms with Crippen LogP contribution in [0.4, 0.5) is 6.01 Å². The summed E-state index contributed by atoms with van der Waals surface area (Å²) in [4.78, 5) is 4.02. The first-order chi connectivity index (χ1) is 4.84. The molecule has 3 heteroatoms. The highest BCUT2D eigenvalue weighted by Gasteiger charge is 2.22. The van der Waals surface area contributed by atoms with Crippen molar-refractivity contribution >= 4 is 6.01 Å². The Morgan fingerprint density at radius 2 is 2.50 bits per heavy atom. The number of aromatic nitrogens is 1. The van der Waals surface area contributed by atoms with Crippen LogP contribution in [0.3, 0.4) is 0 Å². The Morgan fingerprint density at radius 3 is 3.00 bits per heavy atom. The molecular formula is C7H10N2O. The van der Waals surface area contributed by atoms with Gasteiger partial charge in [0.15, 0.2) is 0 Å². The third-order valence-electron chi connectivity index (χ3n) is 1.53. The summed E-state index contributed by atoms with van der Waals surface area (Å²) in [5.74, 6) is 0.864. The fourth-order valence-corrected chi connectivity index (χ4v) is 0.824. The maximum absolute atomic E-state index is 5.21. The van der Waals surface area contributed by atoms with E-state index in [1.54, 1.807) is 6.20 Å². The van der Waals surface area contributed by atoms with Crippen molar-refractivity contribution in [2.75, 3.05) is 5.32 Å². The highest BCUT2D eigenvalue weighted by molar-refractivity contribution is 5.24. The Hall–Kier alpha value is -0.990. The number of aryl methyl sites for hydroxylation is 1. The van der Waals surface area contributed by atoms with Gasteiger partial charge in [0.2, 0.25) is 0 Å². The zero-order chi connectivity index (χ0) is 6.97. The number of nitrogens with zero attached hydrogens (tertiary/aromatic N) is 1. The molecule has 0 saturated heterocycles. The van der Waals surface area contributed by atoms with Crippen LogP contribution >= 0.6 is 0 Å². The van der Waals surface area contributed by atoms with E-state index >= 15 is 0 Å². The molecule has 1 heterocycles. The fourth-order valence-electron chi connectivity index (χ4n) is 0.824. The molecule has 0 aromatic carbocycles. The van der Waals surface area contributed by atoms with Crippen molar-refractivity contribution in [2.24, 2.45) is 0 Å². The molecule has 0 radical (unpaired) electrons. The van der Waals surface area contributed by atoms with Crippen molar-refractivity contribution in [1.29, 1.82) is 0 Å². The van der Waals surface area contributed by atoms with Gasteiger partial charge < -0.3 is 9.73 Å². The SMILES string of the molecule is Cc1cnc(NC2CC2)o1. The van der Waals surface area contributed by atoms with E-state index in [4.69, 9.17) is 4.42 Å². The smallest absolute Gasteiger partial charge is 0.294 e. The van der Waals surface area contributed by atoms with Gasteiger partial charge in [-0.15, -0.1) is 0 Å². The van der Waals surface area contributed by atoms with Crippen LogP contribution in [0.2, 0.25) is 0 Å². The van der Waals surface area contributed by atoms with Crippen molar-refractivity contribution in [1.82, 2.24) is 4.98 Å². The van der Waals surface area contributed by atoms with E-state index in [9.17, 15) is 0 Å². The van der Waals surface area contributed by atoms with Gasteiger partial charge in [-0.2, -0.15) is 0 Å². The molecule has 0 spiro atoms. The quantitative estimate of drug-likeness (QED) is 0.673. The van der Waals surface area contributed by atoms with Crippen molar-refractivity contribution in [3.8, 4) is 0 Å². The van der Waals surface area contributed by atoms with Gasteiger partial charge in [0.25, 0.3) is 6.01 Å². The van der Waals surface area contributed by atoms with Gasteiger partial charge in [0.1, 0.15) is 5.76 Å². The van der Waals surface area contributed by atoms with Crippen LogP contribution in [-0.4, -0.2) is 11.0 Å². The van der Waals surface area contributed by atoms with Crippen molar-refractivity contribution in [2.45, 2.75) is 25.8 Å². The lowest BCUT2D eigenvalue weighted by atomic mass is 10.6. The van der Waals surface area contributed by atoms with E-state index in [0.29, 0.717) is 12.1 Å². The molecule has 0 aliphatic heterocycles. The summed E-state index contributed by atoms with van der Waals surface area (Å²) in [6, 6.07) is 1.29. The lowest BCUT2D eigenvalue weighted by molar-refractivity contribution is 0.540. The van der Waals surface area contributed by atoms with Gasteiger partial charge in [0.05, 0.1) is 6.20 Å². The van der Waals surface area contributed by atoms with Crippen LogP contribution in [0.1, 0.15) is 18.6 Å². The molecule has 1 N–H and O–H groups in total. The molecule has 3 nitrogen and oxygen atoms in total. The maximum atomic E-state index is 5.21. The first-order valence-corrected chi connectivity index (χ1v) is 3.53. The van der Waals surface area contributed by atoms with E-state index in [1.165, 1.54) is 12.8 Å². The number of oxazole rings is 1. The Bertz CT molecular complexity index is 227. The zero-order valence-corrected chi connectivity index (χ0v) is 5.92. The minimum atomic E-state index is 0.623. The largest absolute Gasteiger partial charge is 0.429 e. The topological polar surface area (TPSA) is 38.1 Å². The Kier molecular flexibility index (Phi) is 1.16. The second-order valence-electron chi connectivity index (χ2n) is 2.69. The summed E-state index contributed by atoms with van der Waals surface area (Å²) in [7, 11) is 0. The van der Waals surface area contributed by atoms with Gasteiger partial charge in [0, 0.05) is 6.04 Å². The highest BCUT2D eigenvalue weighted by Crippen LogP contribution is 2.23. The van der Waals surface area contributed by atoms with Crippen molar-refractivity contribution in [3.05, 3.63) is 12.0 Å². The first-order valence-electron chi connectivity index (χ1n) is 3.53. The average Bonchev–Trinajstić information content (AvgIpc) is 2.59. The molecule has 10 heavy (non-hydrogen) atoms. The molecule has 2 rings (SSSR count). The summed E-state index contributed by atoms with van der Waals surface area (Å²) >= 11 is 0. The third-order valence-corrected chi connectivity index (χ3v) is 1.53. The first kappa shape index (κ1) is 5.77. The van der Waals surface area contributed by atoms with Crippen molar-refractivity contribution < 1.29 is 4.42 Å². The Labute approximate surface area is 59.4 Å². The predicted molar refractivity (Wildman–Crippen MR) is 37.9 cm³/mol. The van der Waals surface area contributed by atoms with E-state index in [-0.39, 0.29) is 0 Å². The van der Waals surface area contributed by atoms with Crippen LogP contribution in [0.5, 0.6) is 0 Å². The molecule has 1 aromatic heterocycles. The molecule has 0 amide bonds. The summed E-state index contributed by atoms with van der Waals surface area (Å²) in [5.41, 5.74) is 0. The fraction of sp³-hybridized carbons (Fsp3) is 0.571. The van der Waals surface area contributed by atoms with Crippen LogP contribution in [0.15, 0.2) is 10.6 Å². The van der Waals surface area contributed by atoms with E-state index in [0.717, 1.165) is 5.76 Å². The van der Waals surface area contributed by atoms with Gasteiger partial charge in [-0.3, -0.25) is 0 Å². The molecule has 1 saturated carbocycles. The lowest BCUT2D eigenvalue weighted by Crippen LogP contribution is -1.99. The van der Waals surface area contributed by atoms with Gasteiger partial charge in [-0.05, 0) is 19.8 Å². The van der Waals surface area contributed by atoms with Gasteiger partial charge in [-0.1, -0.05) is 0 Å². The molecule has 1 aliphatic carbocycles. The van der Waals surface area contributed by atoms with E-state index < -0.39 is 0 Å². The predicted octanol–water partition coefficient (Wildman–Crippen LogP) is 1.56. The minimum absolute atomic E-state index is 0.623. The molecular weight excluding hydrogens is 128 g/mol. The maximum Gasteiger partial charge on any atom is 0.294 e. The standard InChI is InChI=1S/C7H10N2O/c1-5-4-8-7(10-5)9-6-2-3-6/h4,6H,2-3H2,1H3,(H,8,9). The summed E-state index contributed by atoms with van der Waals surface area (Å²) < 4.78 is 5.21. The molecule has 1 aromatic rings. The van der Waals surface area contributed by atoms with Crippen molar-refractivity contribution in [3.63, 3.8) is 0 Å². The molecule has 0 unspecified atom stereocenters. The average molecular weight is 138 g/mol. The van der Waals surface area contributed by atoms with Crippen LogP contribution in [0, 0.1) is 6.92 Å². The third kappa shape index (κ3) is 1.12. The monoisotopic (exact) mass is 138 g/mol. The summed E-state index contributed by atoms with van der Waals surface area (Å²) in [6.07, 6.45) is 4.23. The number of anilines is 1. The van der Waals surface area contributed by atoms with E-state index in [1.807, 2.05) is 6.92 Å². The van der Waals surface area contributed by atoms with Crippen LogP contribution in [0.25, 0.3) is 0 Å². The van der Waals surface area contributed by atoms with Gasteiger partial charge >= 0.3 is 0 Å². The summed E-state index contributed by atoms with van der Waals surface area (Å²) in [5, 5.41) is 3.16. The minimum Gasteiger partial charge on any atom is -0.429 e. The summed E-state index contributed by atoms with van der Waals surface area (Å²) in [6.45, 7) is 1.89.